The third kappa shape index (κ3) is 1.67. The van der Waals surface area contributed by atoms with Gasteiger partial charge >= 0.3 is 0 Å². The Morgan fingerprint density at radius 2 is 2.12 bits per heavy atom. The summed E-state index contributed by atoms with van der Waals surface area (Å²) in [5.74, 6) is 0.236. The molecule has 0 spiro atoms. The Morgan fingerprint density at radius 1 is 1.24 bits per heavy atom. The van der Waals surface area contributed by atoms with Gasteiger partial charge in [0.1, 0.15) is 11.6 Å². The van der Waals surface area contributed by atoms with Crippen LogP contribution in [0, 0.1) is 12.7 Å². The minimum atomic E-state index is -0.274. The lowest BCUT2D eigenvalue weighted by atomic mass is 10.1. The molecule has 2 heterocycles. The van der Waals surface area contributed by atoms with Gasteiger partial charge in [-0.15, -0.1) is 0 Å². The van der Waals surface area contributed by atoms with Crippen molar-refractivity contribution in [1.29, 1.82) is 0 Å². The van der Waals surface area contributed by atoms with Crippen LogP contribution < -0.4 is 0 Å². The molecule has 0 fully saturated rings. The molecule has 0 saturated carbocycles. The van der Waals surface area contributed by atoms with Gasteiger partial charge in [0.25, 0.3) is 0 Å². The fraction of sp³-hybridized carbons (Fsp3) is 0.0769. The zero-order valence-electron chi connectivity index (χ0n) is 9.24. The normalized spacial score (nSPS) is 10.9. The predicted octanol–water partition coefficient (Wildman–Crippen LogP) is 3.07. The van der Waals surface area contributed by atoms with E-state index in [0.717, 1.165) is 11.1 Å². The van der Waals surface area contributed by atoms with Crippen LogP contribution in [0.2, 0.25) is 0 Å². The van der Waals surface area contributed by atoms with Crippen LogP contribution in [0.15, 0.2) is 36.5 Å². The summed E-state index contributed by atoms with van der Waals surface area (Å²) >= 11 is 0. The van der Waals surface area contributed by atoms with Crippen LogP contribution in [-0.4, -0.2) is 15.0 Å². The molecular formula is C13H10FN3. The van der Waals surface area contributed by atoms with Crippen LogP contribution in [0.5, 0.6) is 0 Å². The highest BCUT2D eigenvalue weighted by molar-refractivity contribution is 5.75. The number of aromatic nitrogens is 3. The Morgan fingerprint density at radius 3 is 2.88 bits per heavy atom. The number of H-pyrrole nitrogens is 1. The van der Waals surface area contributed by atoms with Gasteiger partial charge in [-0.2, -0.15) is 0 Å². The van der Waals surface area contributed by atoms with E-state index in [2.05, 4.69) is 15.0 Å². The number of hydrogen-bond donors (Lipinski definition) is 1. The molecule has 0 amide bonds. The summed E-state index contributed by atoms with van der Waals surface area (Å²) in [5, 5.41) is 0. The SMILES string of the molecule is Cc1ccc(-c2nc3ncccc3[nH]2)c(F)c1. The lowest BCUT2D eigenvalue weighted by Crippen LogP contribution is -1.87. The van der Waals surface area contributed by atoms with Gasteiger partial charge in [-0.1, -0.05) is 6.07 Å². The van der Waals surface area contributed by atoms with Gasteiger partial charge in [-0.3, -0.25) is 0 Å². The first kappa shape index (κ1) is 9.96. The van der Waals surface area contributed by atoms with Crippen molar-refractivity contribution in [3.05, 3.63) is 47.9 Å². The topological polar surface area (TPSA) is 41.6 Å². The number of halogens is 1. The molecule has 84 valence electrons. The zero-order chi connectivity index (χ0) is 11.8. The van der Waals surface area contributed by atoms with Gasteiger partial charge in [0.05, 0.1) is 11.1 Å². The number of nitrogens with one attached hydrogen (secondary N) is 1. The third-order valence-corrected chi connectivity index (χ3v) is 2.64. The maximum absolute atomic E-state index is 13.8. The Labute approximate surface area is 97.3 Å². The Balaban J connectivity index is 2.20. The fourth-order valence-corrected chi connectivity index (χ4v) is 1.78. The summed E-state index contributed by atoms with van der Waals surface area (Å²) in [6.45, 7) is 1.85. The van der Waals surface area contributed by atoms with Crippen LogP contribution in [0.25, 0.3) is 22.6 Å². The second-order valence-electron chi connectivity index (χ2n) is 3.94. The summed E-state index contributed by atoms with van der Waals surface area (Å²) in [4.78, 5) is 11.4. The third-order valence-electron chi connectivity index (χ3n) is 2.64. The minimum Gasteiger partial charge on any atom is -0.336 e. The van der Waals surface area contributed by atoms with Crippen molar-refractivity contribution >= 4 is 11.2 Å². The van der Waals surface area contributed by atoms with E-state index in [-0.39, 0.29) is 5.82 Å². The Bertz CT molecular complexity index is 655. The number of benzene rings is 1. The van der Waals surface area contributed by atoms with Gasteiger partial charge in [0.15, 0.2) is 5.65 Å². The van der Waals surface area contributed by atoms with Crippen LogP contribution in [-0.2, 0) is 0 Å². The first-order valence-electron chi connectivity index (χ1n) is 5.31. The zero-order valence-corrected chi connectivity index (χ0v) is 9.24. The minimum absolute atomic E-state index is 0.274. The summed E-state index contributed by atoms with van der Waals surface area (Å²) in [5.41, 5.74) is 2.76. The van der Waals surface area contributed by atoms with Crippen molar-refractivity contribution < 1.29 is 4.39 Å². The smallest absolute Gasteiger partial charge is 0.178 e. The van der Waals surface area contributed by atoms with E-state index in [4.69, 9.17) is 0 Å². The summed E-state index contributed by atoms with van der Waals surface area (Å²) in [6, 6.07) is 8.76. The van der Waals surface area contributed by atoms with Crippen molar-refractivity contribution in [3.8, 4) is 11.4 Å². The molecule has 0 saturated heterocycles. The number of aromatic amines is 1. The molecule has 3 aromatic rings. The molecule has 0 bridgehead atoms. The van der Waals surface area contributed by atoms with Crippen molar-refractivity contribution in [2.45, 2.75) is 6.92 Å². The van der Waals surface area contributed by atoms with E-state index < -0.39 is 0 Å². The molecule has 4 heteroatoms. The summed E-state index contributed by atoms with van der Waals surface area (Å²) in [7, 11) is 0. The first-order chi connectivity index (χ1) is 8.24. The van der Waals surface area contributed by atoms with Crippen molar-refractivity contribution in [1.82, 2.24) is 15.0 Å². The highest BCUT2D eigenvalue weighted by Crippen LogP contribution is 2.22. The van der Waals surface area contributed by atoms with Crippen LogP contribution >= 0.6 is 0 Å². The maximum Gasteiger partial charge on any atom is 0.178 e. The molecular weight excluding hydrogens is 217 g/mol. The number of aryl methyl sites for hydroxylation is 1. The van der Waals surface area contributed by atoms with Gasteiger partial charge in [-0.05, 0) is 36.8 Å². The molecule has 3 rings (SSSR count). The quantitative estimate of drug-likeness (QED) is 0.694. The molecule has 0 unspecified atom stereocenters. The van der Waals surface area contributed by atoms with Crippen molar-refractivity contribution in [2.24, 2.45) is 0 Å². The maximum atomic E-state index is 13.8. The van der Waals surface area contributed by atoms with Crippen LogP contribution in [0.3, 0.4) is 0 Å². The van der Waals surface area contributed by atoms with Crippen LogP contribution in [0.4, 0.5) is 4.39 Å². The lowest BCUT2D eigenvalue weighted by Gasteiger charge is -1.99. The van der Waals surface area contributed by atoms with Gasteiger partial charge in [0.2, 0.25) is 0 Å². The number of imidazole rings is 1. The van der Waals surface area contributed by atoms with E-state index in [1.54, 1.807) is 12.3 Å². The molecule has 2 aromatic heterocycles. The Hall–Kier alpha value is -2.23. The molecule has 0 aliphatic carbocycles. The van der Waals surface area contributed by atoms with E-state index in [9.17, 15) is 4.39 Å². The molecule has 17 heavy (non-hydrogen) atoms. The van der Waals surface area contributed by atoms with Gasteiger partial charge in [0, 0.05) is 6.20 Å². The predicted molar refractivity (Wildman–Crippen MR) is 64.0 cm³/mol. The number of fused-ring (bicyclic) bond motifs is 1. The monoisotopic (exact) mass is 227 g/mol. The van der Waals surface area contributed by atoms with Crippen LogP contribution in [0.1, 0.15) is 5.56 Å². The van der Waals surface area contributed by atoms with E-state index >= 15 is 0 Å². The molecule has 1 aromatic carbocycles. The average molecular weight is 227 g/mol. The number of rotatable bonds is 1. The average Bonchev–Trinajstić information content (AvgIpc) is 2.72. The summed E-state index contributed by atoms with van der Waals surface area (Å²) in [6.07, 6.45) is 1.67. The molecule has 0 radical (unpaired) electrons. The molecule has 0 atom stereocenters. The van der Waals surface area contributed by atoms with E-state index in [1.807, 2.05) is 25.1 Å². The lowest BCUT2D eigenvalue weighted by molar-refractivity contribution is 0.629. The van der Waals surface area contributed by atoms with Gasteiger partial charge in [-0.25, -0.2) is 14.4 Å². The van der Waals surface area contributed by atoms with E-state index in [1.165, 1.54) is 6.07 Å². The molecule has 1 N–H and O–H groups in total. The van der Waals surface area contributed by atoms with Crippen molar-refractivity contribution in [2.75, 3.05) is 0 Å². The Kier molecular flexibility index (Phi) is 2.14. The van der Waals surface area contributed by atoms with Gasteiger partial charge < -0.3 is 4.98 Å². The number of hydrogen-bond acceptors (Lipinski definition) is 2. The van der Waals surface area contributed by atoms with E-state index in [0.29, 0.717) is 17.0 Å². The largest absolute Gasteiger partial charge is 0.336 e. The molecule has 0 aliphatic heterocycles. The molecule has 3 nitrogen and oxygen atoms in total. The standard InChI is InChI=1S/C13H10FN3/c1-8-4-5-9(10(14)7-8)12-16-11-3-2-6-15-13(11)17-12/h2-7H,1H3,(H,15,16,17). The summed E-state index contributed by atoms with van der Waals surface area (Å²) < 4.78 is 13.8. The second-order valence-corrected chi connectivity index (χ2v) is 3.94. The second kappa shape index (κ2) is 3.66. The highest BCUT2D eigenvalue weighted by Gasteiger charge is 2.10. The number of nitrogens with zero attached hydrogens (tertiary/aromatic N) is 2. The molecule has 0 aliphatic rings. The first-order valence-corrected chi connectivity index (χ1v) is 5.31. The van der Waals surface area contributed by atoms with Crippen molar-refractivity contribution in [3.63, 3.8) is 0 Å². The highest BCUT2D eigenvalue weighted by atomic mass is 19.1. The fourth-order valence-electron chi connectivity index (χ4n) is 1.78. The number of pyridine rings is 1.